The summed E-state index contributed by atoms with van der Waals surface area (Å²) in [6.07, 6.45) is 6.73. The molecular formula is C15H23IN2S. The number of thiophene rings is 1. The molecular weight excluding hydrogens is 367 g/mol. The smallest absolute Gasteiger partial charge is 0.0659 e. The first-order valence-electron chi connectivity index (χ1n) is 7.49. The summed E-state index contributed by atoms with van der Waals surface area (Å²) in [5.41, 5.74) is 1.59. The molecule has 106 valence electrons. The second-order valence-corrected chi connectivity index (χ2v) is 8.91. The zero-order valence-corrected chi connectivity index (χ0v) is 14.6. The van der Waals surface area contributed by atoms with Crippen molar-refractivity contribution < 1.29 is 0 Å². The minimum absolute atomic E-state index is 0.605. The number of hydrogen-bond donors (Lipinski definition) is 1. The Kier molecular flexibility index (Phi) is 4.82. The van der Waals surface area contributed by atoms with Crippen LogP contribution in [-0.2, 0) is 6.42 Å². The Labute approximate surface area is 134 Å². The third-order valence-electron chi connectivity index (χ3n) is 4.51. The van der Waals surface area contributed by atoms with E-state index < -0.39 is 0 Å². The number of halogens is 1. The standard InChI is InChI=1S/C15H23IN2S/c1-11(18-7-2-3-8-18)10-17-13-5-4-6-14-12(13)9-15(16)19-14/h9,11,13,17H,2-8,10H2,1H3. The predicted molar refractivity (Wildman–Crippen MR) is 91.0 cm³/mol. The highest BCUT2D eigenvalue weighted by Crippen LogP contribution is 2.36. The van der Waals surface area contributed by atoms with Gasteiger partial charge in [-0.2, -0.15) is 0 Å². The van der Waals surface area contributed by atoms with E-state index in [9.17, 15) is 0 Å². The van der Waals surface area contributed by atoms with Crippen molar-refractivity contribution in [2.75, 3.05) is 19.6 Å². The van der Waals surface area contributed by atoms with Gasteiger partial charge >= 0.3 is 0 Å². The van der Waals surface area contributed by atoms with E-state index in [0.717, 1.165) is 6.54 Å². The van der Waals surface area contributed by atoms with Gasteiger partial charge in [-0.3, -0.25) is 4.90 Å². The van der Waals surface area contributed by atoms with Gasteiger partial charge in [0.15, 0.2) is 0 Å². The molecule has 0 amide bonds. The van der Waals surface area contributed by atoms with Crippen molar-refractivity contribution in [3.63, 3.8) is 0 Å². The highest BCUT2D eigenvalue weighted by Gasteiger charge is 2.24. The van der Waals surface area contributed by atoms with Crippen LogP contribution in [0, 0.1) is 2.88 Å². The van der Waals surface area contributed by atoms with E-state index in [2.05, 4.69) is 45.8 Å². The summed E-state index contributed by atoms with van der Waals surface area (Å²) in [6.45, 7) is 6.11. The van der Waals surface area contributed by atoms with E-state index in [1.807, 2.05) is 11.3 Å². The van der Waals surface area contributed by atoms with Crippen molar-refractivity contribution in [2.24, 2.45) is 0 Å². The summed E-state index contributed by atoms with van der Waals surface area (Å²) in [5, 5.41) is 3.83. The zero-order chi connectivity index (χ0) is 13.2. The van der Waals surface area contributed by atoms with Gasteiger partial charge in [-0.05, 0) is 86.3 Å². The van der Waals surface area contributed by atoms with E-state index >= 15 is 0 Å². The van der Waals surface area contributed by atoms with Gasteiger partial charge in [0.2, 0.25) is 0 Å². The van der Waals surface area contributed by atoms with Gasteiger partial charge in [0.1, 0.15) is 0 Å². The highest BCUT2D eigenvalue weighted by molar-refractivity contribution is 14.1. The molecule has 1 fully saturated rings. The van der Waals surface area contributed by atoms with Crippen molar-refractivity contribution in [1.29, 1.82) is 0 Å². The SMILES string of the molecule is CC(CNC1CCCc2sc(I)cc21)N1CCCC1. The predicted octanol–water partition coefficient (Wildman–Crippen LogP) is 3.80. The van der Waals surface area contributed by atoms with Crippen LogP contribution < -0.4 is 5.32 Å². The van der Waals surface area contributed by atoms with Crippen molar-refractivity contribution in [1.82, 2.24) is 10.2 Å². The summed E-state index contributed by atoms with van der Waals surface area (Å²) in [4.78, 5) is 4.26. The second kappa shape index (κ2) is 6.41. The maximum atomic E-state index is 3.83. The second-order valence-electron chi connectivity index (χ2n) is 5.87. The molecule has 2 unspecified atom stereocenters. The molecule has 1 aromatic heterocycles. The minimum atomic E-state index is 0.605. The van der Waals surface area contributed by atoms with Crippen LogP contribution >= 0.6 is 33.9 Å². The number of rotatable bonds is 4. The van der Waals surface area contributed by atoms with Gasteiger partial charge in [0, 0.05) is 23.5 Å². The number of nitrogens with one attached hydrogen (secondary N) is 1. The molecule has 2 aliphatic rings. The lowest BCUT2D eigenvalue weighted by Crippen LogP contribution is -2.40. The monoisotopic (exact) mass is 390 g/mol. The maximum absolute atomic E-state index is 3.83. The highest BCUT2D eigenvalue weighted by atomic mass is 127. The maximum Gasteiger partial charge on any atom is 0.0659 e. The Morgan fingerprint density at radius 1 is 1.42 bits per heavy atom. The summed E-state index contributed by atoms with van der Waals surface area (Å²) in [7, 11) is 0. The number of aryl methyl sites for hydroxylation is 1. The molecule has 19 heavy (non-hydrogen) atoms. The fraction of sp³-hybridized carbons (Fsp3) is 0.733. The Morgan fingerprint density at radius 3 is 3.00 bits per heavy atom. The first-order valence-corrected chi connectivity index (χ1v) is 9.39. The van der Waals surface area contributed by atoms with Crippen molar-refractivity contribution in [3.05, 3.63) is 19.4 Å². The van der Waals surface area contributed by atoms with Crippen LogP contribution in [0.15, 0.2) is 6.07 Å². The van der Waals surface area contributed by atoms with Gasteiger partial charge in [-0.25, -0.2) is 0 Å². The van der Waals surface area contributed by atoms with Crippen molar-refractivity contribution in [3.8, 4) is 0 Å². The van der Waals surface area contributed by atoms with Gasteiger partial charge < -0.3 is 5.32 Å². The Balaban J connectivity index is 1.58. The lowest BCUT2D eigenvalue weighted by atomic mass is 9.94. The van der Waals surface area contributed by atoms with E-state index in [1.54, 1.807) is 10.4 Å². The molecule has 2 nitrogen and oxygen atoms in total. The van der Waals surface area contributed by atoms with Crippen LogP contribution in [0.2, 0.25) is 0 Å². The molecule has 1 saturated heterocycles. The number of hydrogen-bond acceptors (Lipinski definition) is 3. The lowest BCUT2D eigenvalue weighted by molar-refractivity contribution is 0.243. The van der Waals surface area contributed by atoms with E-state index in [0.29, 0.717) is 12.1 Å². The summed E-state index contributed by atoms with van der Waals surface area (Å²) >= 11 is 4.46. The average molecular weight is 390 g/mol. The molecule has 1 N–H and O–H groups in total. The van der Waals surface area contributed by atoms with Gasteiger partial charge in [0.25, 0.3) is 0 Å². The van der Waals surface area contributed by atoms with Gasteiger partial charge in [-0.1, -0.05) is 0 Å². The van der Waals surface area contributed by atoms with Gasteiger partial charge in [0.05, 0.1) is 2.88 Å². The first-order chi connectivity index (χ1) is 9.24. The van der Waals surface area contributed by atoms with Crippen LogP contribution in [0.5, 0.6) is 0 Å². The normalized spacial score (nSPS) is 25.5. The van der Waals surface area contributed by atoms with Crippen LogP contribution in [0.1, 0.15) is 49.1 Å². The molecule has 1 aliphatic heterocycles. The summed E-state index contributed by atoms with van der Waals surface area (Å²) in [6, 6.07) is 3.69. The molecule has 0 saturated carbocycles. The Bertz CT molecular complexity index is 426. The fourth-order valence-corrected chi connectivity index (χ4v) is 5.48. The number of nitrogens with zero attached hydrogens (tertiary/aromatic N) is 1. The molecule has 3 rings (SSSR count). The molecule has 4 heteroatoms. The third kappa shape index (κ3) is 3.34. The quantitative estimate of drug-likeness (QED) is 0.787. The minimum Gasteiger partial charge on any atom is -0.308 e. The Hall–Kier alpha value is 0.350. The van der Waals surface area contributed by atoms with Gasteiger partial charge in [-0.15, -0.1) is 11.3 Å². The van der Waals surface area contributed by atoms with Crippen LogP contribution in [0.4, 0.5) is 0 Å². The summed E-state index contributed by atoms with van der Waals surface area (Å²) < 4.78 is 1.45. The molecule has 1 aromatic rings. The number of likely N-dealkylation sites (tertiary alicyclic amines) is 1. The van der Waals surface area contributed by atoms with Crippen LogP contribution in [0.25, 0.3) is 0 Å². The first kappa shape index (κ1) is 14.3. The van der Waals surface area contributed by atoms with Crippen LogP contribution in [0.3, 0.4) is 0 Å². The molecule has 0 aromatic carbocycles. The molecule has 2 atom stereocenters. The average Bonchev–Trinajstić information content (AvgIpc) is 3.03. The molecule has 1 aliphatic carbocycles. The third-order valence-corrected chi connectivity index (χ3v) is 6.48. The molecule has 0 radical (unpaired) electrons. The molecule has 0 bridgehead atoms. The number of fused-ring (bicyclic) bond motifs is 1. The lowest BCUT2D eigenvalue weighted by Gasteiger charge is -2.29. The largest absolute Gasteiger partial charge is 0.308 e. The fourth-order valence-electron chi connectivity index (χ4n) is 3.36. The van der Waals surface area contributed by atoms with Crippen molar-refractivity contribution >= 4 is 33.9 Å². The van der Waals surface area contributed by atoms with Crippen LogP contribution in [-0.4, -0.2) is 30.6 Å². The topological polar surface area (TPSA) is 15.3 Å². The summed E-state index contributed by atoms with van der Waals surface area (Å²) in [5.74, 6) is 0. The van der Waals surface area contributed by atoms with E-state index in [-0.39, 0.29) is 0 Å². The Morgan fingerprint density at radius 2 is 2.21 bits per heavy atom. The molecule has 2 heterocycles. The van der Waals surface area contributed by atoms with E-state index in [1.165, 1.54) is 48.1 Å². The molecule has 0 spiro atoms. The van der Waals surface area contributed by atoms with Crippen molar-refractivity contribution in [2.45, 2.75) is 51.1 Å². The van der Waals surface area contributed by atoms with E-state index in [4.69, 9.17) is 0 Å². The zero-order valence-electron chi connectivity index (χ0n) is 11.6.